The number of sulfone groups is 1. The molecule has 0 radical (unpaired) electrons. The van der Waals surface area contributed by atoms with Gasteiger partial charge in [0.05, 0.1) is 18.1 Å². The van der Waals surface area contributed by atoms with Crippen LogP contribution in [0.2, 0.25) is 0 Å². The van der Waals surface area contributed by atoms with E-state index in [1.54, 1.807) is 24.4 Å². The molecule has 4 rings (SSSR count). The fourth-order valence-corrected chi connectivity index (χ4v) is 3.64. The summed E-state index contributed by atoms with van der Waals surface area (Å²) < 4.78 is 35.1. The largest absolute Gasteiger partial charge is 0.454 e. The Morgan fingerprint density at radius 2 is 2.04 bits per heavy atom. The molecule has 3 heterocycles. The molecule has 0 amide bonds. The van der Waals surface area contributed by atoms with Crippen LogP contribution in [0.5, 0.6) is 0 Å². The Kier molecular flexibility index (Phi) is 3.94. The lowest BCUT2D eigenvalue weighted by Gasteiger charge is -2.10. The molecule has 0 bridgehead atoms. The van der Waals surface area contributed by atoms with Crippen molar-refractivity contribution in [2.24, 2.45) is 0 Å². The molecule has 0 N–H and O–H groups in total. The van der Waals surface area contributed by atoms with Crippen LogP contribution in [0, 0.1) is 0 Å². The van der Waals surface area contributed by atoms with E-state index >= 15 is 0 Å². The summed E-state index contributed by atoms with van der Waals surface area (Å²) in [4.78, 5) is 4.67. The first kappa shape index (κ1) is 16.1. The Hall–Kier alpha value is -2.44. The smallest absolute Gasteiger partial charge is 0.175 e. The Balaban J connectivity index is 1.86. The predicted octanol–water partition coefficient (Wildman–Crippen LogP) is 3.70. The molecular weight excluding hydrogens is 338 g/mol. The monoisotopic (exact) mass is 355 g/mol. The second kappa shape index (κ2) is 6.13. The summed E-state index contributed by atoms with van der Waals surface area (Å²) in [6.45, 7) is 1.27. The van der Waals surface area contributed by atoms with E-state index in [2.05, 4.69) is 4.98 Å². The van der Waals surface area contributed by atoms with E-state index in [9.17, 15) is 8.42 Å². The Morgan fingerprint density at radius 1 is 1.16 bits per heavy atom. The summed E-state index contributed by atoms with van der Waals surface area (Å²) in [7, 11) is -3.27. The molecule has 0 atom stereocenters. The van der Waals surface area contributed by atoms with Crippen LogP contribution < -0.4 is 0 Å². The molecule has 0 saturated heterocycles. The van der Waals surface area contributed by atoms with E-state index in [-0.39, 0.29) is 4.90 Å². The van der Waals surface area contributed by atoms with E-state index in [4.69, 9.17) is 9.15 Å². The van der Waals surface area contributed by atoms with Crippen LogP contribution in [-0.2, 0) is 14.6 Å². The van der Waals surface area contributed by atoms with E-state index < -0.39 is 9.84 Å². The van der Waals surface area contributed by atoms with E-state index in [1.165, 1.54) is 6.26 Å². The van der Waals surface area contributed by atoms with E-state index in [1.807, 2.05) is 24.3 Å². The first-order valence-corrected chi connectivity index (χ1v) is 9.88. The SMILES string of the molecule is CS(=O)(=O)c1cccc(-c2ccnc3cc(C4=CCOCC4)oc23)c1. The van der Waals surface area contributed by atoms with Gasteiger partial charge in [0.15, 0.2) is 15.4 Å². The highest BCUT2D eigenvalue weighted by atomic mass is 32.2. The molecule has 5 nitrogen and oxygen atoms in total. The fraction of sp³-hybridized carbons (Fsp3) is 0.211. The maximum Gasteiger partial charge on any atom is 0.175 e. The van der Waals surface area contributed by atoms with Gasteiger partial charge in [-0.15, -0.1) is 0 Å². The maximum atomic E-state index is 11.8. The number of furan rings is 1. The van der Waals surface area contributed by atoms with Crippen molar-refractivity contribution in [1.29, 1.82) is 0 Å². The van der Waals surface area contributed by atoms with Crippen molar-refractivity contribution in [3.63, 3.8) is 0 Å². The third-order valence-electron chi connectivity index (χ3n) is 4.26. The van der Waals surface area contributed by atoms with Crippen LogP contribution >= 0.6 is 0 Å². The third kappa shape index (κ3) is 3.10. The molecule has 0 saturated carbocycles. The zero-order chi connectivity index (χ0) is 17.4. The molecule has 1 aromatic carbocycles. The highest BCUT2D eigenvalue weighted by Gasteiger charge is 2.16. The van der Waals surface area contributed by atoms with Crippen molar-refractivity contribution in [1.82, 2.24) is 4.98 Å². The van der Waals surface area contributed by atoms with Gasteiger partial charge in [0.1, 0.15) is 11.3 Å². The van der Waals surface area contributed by atoms with Crippen LogP contribution in [0.15, 0.2) is 58.0 Å². The molecular formula is C19H17NO4S. The first-order valence-electron chi connectivity index (χ1n) is 7.98. The lowest BCUT2D eigenvalue weighted by molar-refractivity contribution is 0.161. The minimum absolute atomic E-state index is 0.286. The van der Waals surface area contributed by atoms with Gasteiger partial charge in [-0.1, -0.05) is 18.2 Å². The molecule has 0 spiro atoms. The van der Waals surface area contributed by atoms with Crippen molar-refractivity contribution in [3.8, 4) is 11.1 Å². The molecule has 6 heteroatoms. The Labute approximate surface area is 145 Å². The van der Waals surface area contributed by atoms with E-state index in [0.717, 1.165) is 34.4 Å². The molecule has 3 aromatic rings. The van der Waals surface area contributed by atoms with Gasteiger partial charge in [0.25, 0.3) is 0 Å². The number of nitrogens with zero attached hydrogens (tertiary/aromatic N) is 1. The van der Waals surface area contributed by atoms with Crippen molar-refractivity contribution in [2.75, 3.05) is 19.5 Å². The maximum absolute atomic E-state index is 11.8. The van der Waals surface area contributed by atoms with Gasteiger partial charge in [-0.05, 0) is 35.8 Å². The minimum atomic E-state index is -3.27. The van der Waals surface area contributed by atoms with Gasteiger partial charge in [0, 0.05) is 24.1 Å². The highest BCUT2D eigenvalue weighted by Crippen LogP contribution is 2.34. The van der Waals surface area contributed by atoms with Gasteiger partial charge in [-0.2, -0.15) is 0 Å². The third-order valence-corrected chi connectivity index (χ3v) is 5.38. The highest BCUT2D eigenvalue weighted by molar-refractivity contribution is 7.90. The van der Waals surface area contributed by atoms with Gasteiger partial charge in [-0.3, -0.25) is 4.98 Å². The average molecular weight is 355 g/mol. The second-order valence-corrected chi connectivity index (χ2v) is 8.05. The molecule has 25 heavy (non-hydrogen) atoms. The number of pyridine rings is 1. The van der Waals surface area contributed by atoms with Gasteiger partial charge < -0.3 is 9.15 Å². The van der Waals surface area contributed by atoms with Crippen LogP contribution in [0.1, 0.15) is 12.2 Å². The molecule has 128 valence electrons. The minimum Gasteiger partial charge on any atom is -0.454 e. The number of hydrogen-bond donors (Lipinski definition) is 0. The van der Waals surface area contributed by atoms with Crippen LogP contribution in [0.4, 0.5) is 0 Å². The Bertz CT molecular complexity index is 1080. The molecule has 0 fully saturated rings. The van der Waals surface area contributed by atoms with Crippen LogP contribution in [0.3, 0.4) is 0 Å². The zero-order valence-corrected chi connectivity index (χ0v) is 14.5. The molecule has 0 unspecified atom stereocenters. The van der Waals surface area contributed by atoms with Crippen molar-refractivity contribution in [3.05, 3.63) is 54.4 Å². The van der Waals surface area contributed by atoms with E-state index in [0.29, 0.717) is 18.8 Å². The Morgan fingerprint density at radius 3 is 2.80 bits per heavy atom. The summed E-state index contributed by atoms with van der Waals surface area (Å²) in [6, 6.07) is 10.6. The average Bonchev–Trinajstić information content (AvgIpc) is 3.06. The normalized spacial score (nSPS) is 15.3. The summed E-state index contributed by atoms with van der Waals surface area (Å²) in [5.74, 6) is 0.789. The number of aromatic nitrogens is 1. The number of hydrogen-bond acceptors (Lipinski definition) is 5. The number of ether oxygens (including phenoxy) is 1. The topological polar surface area (TPSA) is 69.4 Å². The molecule has 1 aliphatic rings. The number of rotatable bonds is 3. The molecule has 0 aliphatic carbocycles. The first-order chi connectivity index (χ1) is 12.0. The molecule has 2 aromatic heterocycles. The summed E-state index contributed by atoms with van der Waals surface area (Å²) >= 11 is 0. The summed E-state index contributed by atoms with van der Waals surface area (Å²) in [6.07, 6.45) is 5.74. The summed E-state index contributed by atoms with van der Waals surface area (Å²) in [5.41, 5.74) is 4.15. The van der Waals surface area contributed by atoms with Crippen molar-refractivity contribution >= 4 is 26.5 Å². The van der Waals surface area contributed by atoms with Crippen LogP contribution in [0.25, 0.3) is 27.8 Å². The molecule has 1 aliphatic heterocycles. The lowest BCUT2D eigenvalue weighted by Crippen LogP contribution is -2.02. The quantitative estimate of drug-likeness (QED) is 0.716. The second-order valence-electron chi connectivity index (χ2n) is 6.04. The lowest BCUT2D eigenvalue weighted by atomic mass is 10.1. The van der Waals surface area contributed by atoms with Crippen molar-refractivity contribution in [2.45, 2.75) is 11.3 Å². The van der Waals surface area contributed by atoms with Crippen LogP contribution in [-0.4, -0.2) is 32.9 Å². The van der Waals surface area contributed by atoms with Crippen molar-refractivity contribution < 1.29 is 17.6 Å². The fourth-order valence-electron chi connectivity index (χ4n) is 2.97. The standard InChI is InChI=1S/C19H17NO4S/c1-25(21,22)15-4-2-3-14(11-15)16-5-8-20-17-12-18(24-19(16)17)13-6-9-23-10-7-13/h2-6,8,11-12H,7,9-10H2,1H3. The number of benzene rings is 1. The van der Waals surface area contributed by atoms with Gasteiger partial charge >= 0.3 is 0 Å². The zero-order valence-electron chi connectivity index (χ0n) is 13.7. The number of fused-ring (bicyclic) bond motifs is 1. The van der Waals surface area contributed by atoms with Gasteiger partial charge in [0.2, 0.25) is 0 Å². The van der Waals surface area contributed by atoms with Gasteiger partial charge in [-0.25, -0.2) is 8.42 Å². The predicted molar refractivity (Wildman–Crippen MR) is 96.0 cm³/mol. The summed E-state index contributed by atoms with van der Waals surface area (Å²) in [5, 5.41) is 0.